The van der Waals surface area contributed by atoms with Gasteiger partial charge in [-0.1, -0.05) is 48.5 Å². The van der Waals surface area contributed by atoms with Gasteiger partial charge in [-0.05, 0) is 23.8 Å². The highest BCUT2D eigenvalue weighted by atomic mass is 16.6. The number of aromatic nitrogens is 1. The number of carbonyl (C=O) groups is 3. The predicted molar refractivity (Wildman–Crippen MR) is 126 cm³/mol. The van der Waals surface area contributed by atoms with Crippen molar-refractivity contribution in [1.82, 2.24) is 15.6 Å². The SMILES string of the molecule is O=C(NC(Cc1ccccc1)C(=O)O)/C(=C/Nc1ncccc1[N+](=O)[O-])NC(=O)c1ccccc1. The van der Waals surface area contributed by atoms with Gasteiger partial charge in [0.25, 0.3) is 11.8 Å². The molecule has 1 aromatic heterocycles. The van der Waals surface area contributed by atoms with E-state index in [1.165, 1.54) is 30.5 Å². The minimum atomic E-state index is -1.30. The number of nitro groups is 1. The molecule has 0 aliphatic rings. The molecule has 3 rings (SSSR count). The number of nitrogens with one attached hydrogen (secondary N) is 3. The number of anilines is 1. The zero-order valence-electron chi connectivity index (χ0n) is 18.3. The number of aliphatic carboxylic acids is 1. The van der Waals surface area contributed by atoms with Gasteiger partial charge in [-0.3, -0.25) is 19.7 Å². The first-order valence-electron chi connectivity index (χ1n) is 10.3. The molecule has 11 nitrogen and oxygen atoms in total. The molecule has 0 saturated carbocycles. The minimum absolute atomic E-state index is 0.000959. The first-order valence-corrected chi connectivity index (χ1v) is 10.3. The van der Waals surface area contributed by atoms with E-state index in [1.54, 1.807) is 48.5 Å². The van der Waals surface area contributed by atoms with Crippen LogP contribution in [0.4, 0.5) is 11.5 Å². The van der Waals surface area contributed by atoms with Crippen molar-refractivity contribution in [2.24, 2.45) is 0 Å². The summed E-state index contributed by atoms with van der Waals surface area (Å²) < 4.78 is 0. The summed E-state index contributed by atoms with van der Waals surface area (Å²) >= 11 is 0. The highest BCUT2D eigenvalue weighted by Crippen LogP contribution is 2.20. The van der Waals surface area contributed by atoms with Crippen LogP contribution in [-0.4, -0.2) is 38.8 Å². The van der Waals surface area contributed by atoms with E-state index in [0.29, 0.717) is 5.56 Å². The fourth-order valence-electron chi connectivity index (χ4n) is 3.02. The van der Waals surface area contributed by atoms with Crippen molar-refractivity contribution < 1.29 is 24.4 Å². The largest absolute Gasteiger partial charge is 0.480 e. The van der Waals surface area contributed by atoms with Crippen molar-refractivity contribution >= 4 is 29.3 Å². The van der Waals surface area contributed by atoms with Gasteiger partial charge in [-0.25, -0.2) is 9.78 Å². The number of carboxylic acids is 1. The molecular weight excluding hydrogens is 454 g/mol. The van der Waals surface area contributed by atoms with Gasteiger partial charge in [-0.2, -0.15) is 0 Å². The third-order valence-electron chi connectivity index (χ3n) is 4.75. The molecule has 0 radical (unpaired) electrons. The van der Waals surface area contributed by atoms with Crippen LogP contribution in [0.5, 0.6) is 0 Å². The highest BCUT2D eigenvalue weighted by molar-refractivity contribution is 6.03. The molecule has 2 aromatic carbocycles. The van der Waals surface area contributed by atoms with E-state index in [1.807, 2.05) is 0 Å². The number of hydrogen-bond donors (Lipinski definition) is 4. The van der Waals surface area contributed by atoms with Crippen LogP contribution in [0.1, 0.15) is 15.9 Å². The summed E-state index contributed by atoms with van der Waals surface area (Å²) in [6.45, 7) is 0. The van der Waals surface area contributed by atoms with Gasteiger partial charge >= 0.3 is 11.7 Å². The van der Waals surface area contributed by atoms with Crippen molar-refractivity contribution in [1.29, 1.82) is 0 Å². The molecule has 2 amide bonds. The molecule has 0 bridgehead atoms. The van der Waals surface area contributed by atoms with Crippen LogP contribution in [-0.2, 0) is 16.0 Å². The average Bonchev–Trinajstić information content (AvgIpc) is 2.87. The maximum absolute atomic E-state index is 13.0. The van der Waals surface area contributed by atoms with E-state index in [-0.39, 0.29) is 29.2 Å². The normalized spacial score (nSPS) is 11.7. The monoisotopic (exact) mass is 475 g/mol. The van der Waals surface area contributed by atoms with Crippen LogP contribution < -0.4 is 16.0 Å². The fourth-order valence-corrected chi connectivity index (χ4v) is 3.02. The lowest BCUT2D eigenvalue weighted by Gasteiger charge is -2.17. The number of amides is 2. The Hall–Kier alpha value is -5.06. The molecule has 11 heteroatoms. The number of hydrogen-bond acceptors (Lipinski definition) is 7. The van der Waals surface area contributed by atoms with Crippen molar-refractivity contribution in [3.05, 3.63) is 112 Å². The van der Waals surface area contributed by atoms with E-state index in [2.05, 4.69) is 20.9 Å². The second-order valence-corrected chi connectivity index (χ2v) is 7.20. The van der Waals surface area contributed by atoms with Crippen LogP contribution in [0.15, 0.2) is 90.9 Å². The summed E-state index contributed by atoms with van der Waals surface area (Å²) in [6, 6.07) is 18.0. The Balaban J connectivity index is 1.86. The number of benzene rings is 2. The van der Waals surface area contributed by atoms with Crippen LogP contribution in [0.3, 0.4) is 0 Å². The molecule has 35 heavy (non-hydrogen) atoms. The Kier molecular flexibility index (Phi) is 8.22. The zero-order valence-corrected chi connectivity index (χ0v) is 18.3. The summed E-state index contributed by atoms with van der Waals surface area (Å²) in [4.78, 5) is 51.9. The molecule has 0 saturated heterocycles. The standard InChI is InChI=1S/C24H21N5O6/c30-22(17-10-5-2-6-11-17)28-19(15-26-21-20(29(34)35)12-7-13-25-21)23(31)27-18(24(32)33)14-16-8-3-1-4-9-16/h1-13,15,18H,14H2,(H,25,26)(H,27,31)(H,28,30)(H,32,33)/b19-15-. The van der Waals surface area contributed by atoms with Gasteiger partial charge in [0.2, 0.25) is 5.82 Å². The van der Waals surface area contributed by atoms with E-state index in [9.17, 15) is 29.6 Å². The Morgan fingerprint density at radius 2 is 1.66 bits per heavy atom. The van der Waals surface area contributed by atoms with Crippen molar-refractivity contribution in [3.63, 3.8) is 0 Å². The van der Waals surface area contributed by atoms with Crippen LogP contribution in [0.2, 0.25) is 0 Å². The Bertz CT molecular complexity index is 1250. The molecule has 0 aliphatic carbocycles. The van der Waals surface area contributed by atoms with E-state index in [0.717, 1.165) is 6.20 Å². The molecule has 3 aromatic rings. The minimum Gasteiger partial charge on any atom is -0.480 e. The third-order valence-corrected chi connectivity index (χ3v) is 4.75. The van der Waals surface area contributed by atoms with E-state index < -0.39 is 28.7 Å². The Morgan fingerprint density at radius 3 is 2.29 bits per heavy atom. The third kappa shape index (κ3) is 6.96. The molecule has 0 aliphatic heterocycles. The maximum atomic E-state index is 13.0. The number of pyridine rings is 1. The first-order chi connectivity index (χ1) is 16.8. The average molecular weight is 475 g/mol. The van der Waals surface area contributed by atoms with E-state index >= 15 is 0 Å². The quantitative estimate of drug-likeness (QED) is 0.197. The molecule has 0 spiro atoms. The van der Waals surface area contributed by atoms with Gasteiger partial charge in [0.1, 0.15) is 11.7 Å². The van der Waals surface area contributed by atoms with Crippen molar-refractivity contribution in [3.8, 4) is 0 Å². The predicted octanol–water partition coefficient (Wildman–Crippen LogP) is 2.49. The second kappa shape index (κ2) is 11.7. The summed E-state index contributed by atoms with van der Waals surface area (Å²) in [5.41, 5.74) is 0.207. The smallest absolute Gasteiger partial charge is 0.326 e. The Labute approximate surface area is 199 Å². The van der Waals surface area contributed by atoms with Crippen LogP contribution >= 0.6 is 0 Å². The summed E-state index contributed by atoms with van der Waals surface area (Å²) in [5, 5.41) is 28.2. The van der Waals surface area contributed by atoms with Gasteiger partial charge < -0.3 is 21.1 Å². The van der Waals surface area contributed by atoms with Crippen LogP contribution in [0, 0.1) is 10.1 Å². The lowest BCUT2D eigenvalue weighted by atomic mass is 10.1. The zero-order chi connectivity index (χ0) is 25.2. The van der Waals surface area contributed by atoms with Crippen molar-refractivity contribution in [2.45, 2.75) is 12.5 Å². The maximum Gasteiger partial charge on any atom is 0.326 e. The first kappa shape index (κ1) is 24.6. The summed E-state index contributed by atoms with van der Waals surface area (Å²) in [5.74, 6) is -3.00. The van der Waals surface area contributed by atoms with Gasteiger partial charge in [0.05, 0.1) is 4.92 Å². The number of nitrogens with zero attached hydrogens (tertiary/aromatic N) is 2. The molecule has 1 atom stereocenters. The van der Waals surface area contributed by atoms with Crippen LogP contribution in [0.25, 0.3) is 0 Å². The molecule has 1 unspecified atom stereocenters. The summed E-state index contributed by atoms with van der Waals surface area (Å²) in [6.07, 6.45) is 2.33. The lowest BCUT2D eigenvalue weighted by molar-refractivity contribution is -0.384. The van der Waals surface area contributed by atoms with Crippen molar-refractivity contribution in [2.75, 3.05) is 5.32 Å². The number of rotatable bonds is 10. The second-order valence-electron chi connectivity index (χ2n) is 7.20. The Morgan fingerprint density at radius 1 is 1.00 bits per heavy atom. The molecule has 178 valence electrons. The number of carboxylic acid groups (broad SMARTS) is 1. The van der Waals surface area contributed by atoms with E-state index in [4.69, 9.17) is 0 Å². The van der Waals surface area contributed by atoms with Gasteiger partial charge in [0.15, 0.2) is 0 Å². The lowest BCUT2D eigenvalue weighted by Crippen LogP contribution is -2.45. The topological polar surface area (TPSA) is 164 Å². The van der Waals surface area contributed by atoms with Gasteiger partial charge in [0, 0.05) is 30.4 Å². The summed E-state index contributed by atoms with van der Waals surface area (Å²) in [7, 11) is 0. The van der Waals surface area contributed by atoms with Gasteiger partial charge in [-0.15, -0.1) is 0 Å². The highest BCUT2D eigenvalue weighted by Gasteiger charge is 2.24. The molecule has 1 heterocycles. The molecule has 4 N–H and O–H groups in total. The molecule has 0 fully saturated rings. The fraction of sp³-hybridized carbons (Fsp3) is 0.0833. The number of carbonyl (C=O) groups excluding carboxylic acids is 2. The molecular formula is C24H21N5O6.